The third-order valence-electron chi connectivity index (χ3n) is 5.11. The number of halogens is 1. The summed E-state index contributed by atoms with van der Waals surface area (Å²) in [6, 6.07) is 18.8. The van der Waals surface area contributed by atoms with Gasteiger partial charge in [0.25, 0.3) is 5.91 Å². The molecule has 4 rings (SSSR count). The van der Waals surface area contributed by atoms with E-state index in [0.29, 0.717) is 43.2 Å². The number of aromatic nitrogens is 2. The summed E-state index contributed by atoms with van der Waals surface area (Å²) >= 11 is 0. The van der Waals surface area contributed by atoms with Crippen LogP contribution in [0.1, 0.15) is 5.56 Å². The Hall–Kier alpha value is -3.99. The molecule has 0 unspecified atom stereocenters. The summed E-state index contributed by atoms with van der Waals surface area (Å²) in [5, 5.41) is 17.6. The normalized spacial score (nSPS) is 13.5. The van der Waals surface area contributed by atoms with Crippen molar-refractivity contribution in [1.82, 2.24) is 15.1 Å². The minimum Gasteiger partial charge on any atom is -0.482 e. The maximum Gasteiger partial charge on any atom is 0.260 e. The second kappa shape index (κ2) is 9.22. The number of hydrogen-bond acceptors (Lipinski definition) is 6. The van der Waals surface area contributed by atoms with Crippen molar-refractivity contribution in [3.63, 3.8) is 0 Å². The number of hydrogen-bond donors (Lipinski definition) is 0. The van der Waals surface area contributed by atoms with Crippen molar-refractivity contribution in [2.45, 2.75) is 0 Å². The van der Waals surface area contributed by atoms with Crippen molar-refractivity contribution in [2.24, 2.45) is 0 Å². The lowest BCUT2D eigenvalue weighted by molar-refractivity contribution is -0.133. The maximum absolute atomic E-state index is 13.1. The largest absolute Gasteiger partial charge is 0.482 e. The van der Waals surface area contributed by atoms with E-state index in [-0.39, 0.29) is 18.3 Å². The van der Waals surface area contributed by atoms with Crippen molar-refractivity contribution in [2.75, 3.05) is 37.7 Å². The number of para-hydroxylation sites is 1. The first-order chi connectivity index (χ1) is 15.1. The molecule has 2 heterocycles. The number of nitrogens with zero attached hydrogens (tertiary/aromatic N) is 5. The van der Waals surface area contributed by atoms with E-state index in [1.807, 2.05) is 12.1 Å². The Labute approximate surface area is 179 Å². The van der Waals surface area contributed by atoms with Gasteiger partial charge in [0.15, 0.2) is 12.4 Å². The fourth-order valence-electron chi connectivity index (χ4n) is 3.37. The number of rotatable bonds is 5. The van der Waals surface area contributed by atoms with Gasteiger partial charge in [-0.15, -0.1) is 10.2 Å². The van der Waals surface area contributed by atoms with E-state index in [0.717, 1.165) is 11.4 Å². The van der Waals surface area contributed by atoms with Crippen LogP contribution in [0.2, 0.25) is 0 Å². The van der Waals surface area contributed by atoms with Crippen LogP contribution in [0, 0.1) is 17.1 Å². The molecule has 1 aromatic heterocycles. The molecule has 7 nitrogen and oxygen atoms in total. The van der Waals surface area contributed by atoms with Crippen LogP contribution in [-0.2, 0) is 4.79 Å². The summed E-state index contributed by atoms with van der Waals surface area (Å²) in [7, 11) is 0. The maximum atomic E-state index is 13.1. The van der Waals surface area contributed by atoms with E-state index in [9.17, 15) is 9.18 Å². The van der Waals surface area contributed by atoms with Gasteiger partial charge in [-0.3, -0.25) is 4.79 Å². The van der Waals surface area contributed by atoms with E-state index >= 15 is 0 Å². The highest BCUT2D eigenvalue weighted by atomic mass is 19.1. The van der Waals surface area contributed by atoms with Gasteiger partial charge in [0.2, 0.25) is 0 Å². The lowest BCUT2D eigenvalue weighted by Gasteiger charge is -2.35. The van der Waals surface area contributed by atoms with Gasteiger partial charge in [-0.25, -0.2) is 4.39 Å². The number of piperazine rings is 1. The predicted octanol–water partition coefficient (Wildman–Crippen LogP) is 2.88. The Morgan fingerprint density at radius 1 is 1.00 bits per heavy atom. The highest BCUT2D eigenvalue weighted by Gasteiger charge is 2.22. The number of ether oxygens (including phenoxy) is 1. The molecular weight excluding hydrogens is 397 g/mol. The minimum atomic E-state index is -0.291. The molecule has 0 spiro atoms. The summed E-state index contributed by atoms with van der Waals surface area (Å²) in [6.45, 7) is 2.24. The summed E-state index contributed by atoms with van der Waals surface area (Å²) in [5.41, 5.74) is 1.88. The Balaban J connectivity index is 1.30. The Kier molecular flexibility index (Phi) is 6.03. The molecule has 0 saturated carbocycles. The average Bonchev–Trinajstić information content (AvgIpc) is 2.83. The molecule has 31 heavy (non-hydrogen) atoms. The zero-order valence-corrected chi connectivity index (χ0v) is 16.7. The van der Waals surface area contributed by atoms with Crippen molar-refractivity contribution >= 4 is 11.7 Å². The molecular formula is C23H20FN5O2. The molecule has 1 amide bonds. The molecule has 0 bridgehead atoms. The van der Waals surface area contributed by atoms with E-state index in [1.54, 1.807) is 41.3 Å². The molecule has 8 heteroatoms. The monoisotopic (exact) mass is 417 g/mol. The predicted molar refractivity (Wildman–Crippen MR) is 113 cm³/mol. The zero-order chi connectivity index (χ0) is 21.6. The van der Waals surface area contributed by atoms with E-state index < -0.39 is 0 Å². The van der Waals surface area contributed by atoms with Gasteiger partial charge in [0, 0.05) is 31.7 Å². The third kappa shape index (κ3) is 4.78. The molecule has 0 N–H and O–H groups in total. The lowest BCUT2D eigenvalue weighted by Crippen LogP contribution is -2.50. The summed E-state index contributed by atoms with van der Waals surface area (Å²) in [4.78, 5) is 16.3. The second-order valence-corrected chi connectivity index (χ2v) is 7.05. The molecule has 1 aliphatic rings. The second-order valence-electron chi connectivity index (χ2n) is 7.05. The molecule has 156 valence electrons. The van der Waals surface area contributed by atoms with Gasteiger partial charge < -0.3 is 14.5 Å². The van der Waals surface area contributed by atoms with Gasteiger partial charge >= 0.3 is 0 Å². The van der Waals surface area contributed by atoms with Crippen LogP contribution in [-0.4, -0.2) is 53.8 Å². The smallest absolute Gasteiger partial charge is 0.260 e. The van der Waals surface area contributed by atoms with Crippen LogP contribution in [0.25, 0.3) is 11.3 Å². The summed E-state index contributed by atoms with van der Waals surface area (Å²) < 4.78 is 18.6. The first kappa shape index (κ1) is 20.3. The van der Waals surface area contributed by atoms with E-state index in [1.165, 1.54) is 12.1 Å². The highest BCUT2D eigenvalue weighted by Crippen LogP contribution is 2.20. The third-order valence-corrected chi connectivity index (χ3v) is 5.11. The van der Waals surface area contributed by atoms with Crippen molar-refractivity contribution in [3.05, 3.63) is 72.0 Å². The summed E-state index contributed by atoms with van der Waals surface area (Å²) in [6.07, 6.45) is 0. The Morgan fingerprint density at radius 3 is 2.42 bits per heavy atom. The van der Waals surface area contributed by atoms with Gasteiger partial charge in [0.1, 0.15) is 17.6 Å². The molecule has 3 aromatic rings. The minimum absolute atomic E-state index is 0.106. The van der Waals surface area contributed by atoms with Crippen molar-refractivity contribution in [3.8, 4) is 23.1 Å². The van der Waals surface area contributed by atoms with Crippen LogP contribution in [0.3, 0.4) is 0 Å². The van der Waals surface area contributed by atoms with Crippen LogP contribution in [0.5, 0.6) is 5.75 Å². The van der Waals surface area contributed by atoms with Crippen LogP contribution < -0.4 is 9.64 Å². The fraction of sp³-hybridized carbons (Fsp3) is 0.217. The first-order valence-electron chi connectivity index (χ1n) is 9.88. The fourth-order valence-corrected chi connectivity index (χ4v) is 3.37. The molecule has 1 fully saturated rings. The van der Waals surface area contributed by atoms with E-state index in [4.69, 9.17) is 10.00 Å². The topological polar surface area (TPSA) is 82.4 Å². The van der Waals surface area contributed by atoms with Crippen molar-refractivity contribution < 1.29 is 13.9 Å². The van der Waals surface area contributed by atoms with Gasteiger partial charge in [0.05, 0.1) is 11.3 Å². The Bertz CT molecular complexity index is 1090. The number of benzene rings is 2. The van der Waals surface area contributed by atoms with Gasteiger partial charge in [-0.1, -0.05) is 12.1 Å². The summed E-state index contributed by atoms with van der Waals surface area (Å²) in [5.74, 6) is 0.733. The van der Waals surface area contributed by atoms with E-state index in [2.05, 4.69) is 21.2 Å². The van der Waals surface area contributed by atoms with Crippen LogP contribution in [0.15, 0.2) is 60.7 Å². The number of nitriles is 1. The van der Waals surface area contributed by atoms with Crippen molar-refractivity contribution in [1.29, 1.82) is 5.26 Å². The number of carbonyl (C=O) groups excluding carboxylic acids is 1. The molecule has 2 aromatic carbocycles. The standard InChI is InChI=1S/C23H20FN5O2/c24-19-7-5-17(6-8-19)20-9-10-22(27-26-20)28-11-13-29(14-12-28)23(30)16-31-21-4-2-1-3-18(21)15-25/h1-10H,11-14,16H2. The molecule has 1 aliphatic heterocycles. The highest BCUT2D eigenvalue weighted by molar-refractivity contribution is 5.78. The number of anilines is 1. The first-order valence-corrected chi connectivity index (χ1v) is 9.88. The lowest BCUT2D eigenvalue weighted by atomic mass is 10.1. The molecule has 0 aliphatic carbocycles. The number of carbonyl (C=O) groups is 1. The number of amides is 1. The quantitative estimate of drug-likeness (QED) is 0.635. The van der Waals surface area contributed by atoms with Gasteiger partial charge in [-0.2, -0.15) is 5.26 Å². The SMILES string of the molecule is N#Cc1ccccc1OCC(=O)N1CCN(c2ccc(-c3ccc(F)cc3)nn2)CC1. The van der Waals surface area contributed by atoms with Gasteiger partial charge in [-0.05, 0) is 48.5 Å². The van der Waals surface area contributed by atoms with Crippen LogP contribution >= 0.6 is 0 Å². The zero-order valence-electron chi connectivity index (χ0n) is 16.7. The molecule has 0 radical (unpaired) electrons. The molecule has 0 atom stereocenters. The Morgan fingerprint density at radius 2 is 1.74 bits per heavy atom. The average molecular weight is 417 g/mol. The van der Waals surface area contributed by atoms with Crippen LogP contribution in [0.4, 0.5) is 10.2 Å². The molecule has 1 saturated heterocycles.